The zero-order chi connectivity index (χ0) is 16.2. The largest absolute Gasteiger partial charge is 0.383 e. The minimum atomic E-state index is -2.14. The van der Waals surface area contributed by atoms with Crippen molar-refractivity contribution in [2.24, 2.45) is 5.18 Å². The Morgan fingerprint density at radius 3 is 2.77 bits per heavy atom. The fraction of sp³-hybridized carbons (Fsp3) is 0.188. The van der Waals surface area contributed by atoms with Crippen molar-refractivity contribution in [1.29, 1.82) is 0 Å². The summed E-state index contributed by atoms with van der Waals surface area (Å²) in [7, 11) is 0. The molecule has 0 aromatic heterocycles. The summed E-state index contributed by atoms with van der Waals surface area (Å²) in [4.78, 5) is 25.3. The highest BCUT2D eigenvalue weighted by molar-refractivity contribution is 5.82. The molecule has 0 aliphatic heterocycles. The minimum Gasteiger partial charge on any atom is -0.252 e. The molecular formula is C16H13F2NO3. The lowest BCUT2D eigenvalue weighted by Gasteiger charge is -2.17. The van der Waals surface area contributed by atoms with Crippen LogP contribution in [-0.2, 0) is 15.3 Å². The fourth-order valence-electron chi connectivity index (χ4n) is 2.11. The molecule has 114 valence electrons. The molecule has 0 fully saturated rings. The SMILES string of the molecule is CC(N=O)(C(=O)OF)c1ccc(C2=CCC=CC=C2)c(F)c1. The van der Waals surface area contributed by atoms with Crippen LogP contribution in [0.1, 0.15) is 24.5 Å². The highest BCUT2D eigenvalue weighted by atomic mass is 19.3. The van der Waals surface area contributed by atoms with Gasteiger partial charge in [-0.15, -0.1) is 4.91 Å². The summed E-state index contributed by atoms with van der Waals surface area (Å²) >= 11 is 0. The van der Waals surface area contributed by atoms with Crippen molar-refractivity contribution < 1.29 is 18.7 Å². The van der Waals surface area contributed by atoms with E-state index < -0.39 is 17.3 Å². The summed E-state index contributed by atoms with van der Waals surface area (Å²) in [6.45, 7) is 1.06. The number of nitroso groups, excluding NO2 is 1. The topological polar surface area (TPSA) is 55.7 Å². The number of hydrogen-bond donors (Lipinski definition) is 0. The zero-order valence-electron chi connectivity index (χ0n) is 11.8. The Morgan fingerprint density at radius 2 is 2.14 bits per heavy atom. The van der Waals surface area contributed by atoms with Crippen LogP contribution in [0, 0.1) is 10.7 Å². The van der Waals surface area contributed by atoms with Crippen LogP contribution in [0.5, 0.6) is 0 Å². The quantitative estimate of drug-likeness (QED) is 0.786. The first-order valence-electron chi connectivity index (χ1n) is 6.54. The van der Waals surface area contributed by atoms with Crippen LogP contribution in [-0.4, -0.2) is 5.97 Å². The number of benzene rings is 1. The lowest BCUT2D eigenvalue weighted by molar-refractivity contribution is -0.190. The van der Waals surface area contributed by atoms with Crippen LogP contribution in [0.15, 0.2) is 53.8 Å². The van der Waals surface area contributed by atoms with Crippen molar-refractivity contribution >= 4 is 11.5 Å². The highest BCUT2D eigenvalue weighted by Gasteiger charge is 2.40. The third kappa shape index (κ3) is 2.86. The van der Waals surface area contributed by atoms with E-state index >= 15 is 0 Å². The molecule has 0 saturated carbocycles. The summed E-state index contributed by atoms with van der Waals surface area (Å²) in [5.41, 5.74) is -1.24. The van der Waals surface area contributed by atoms with Crippen molar-refractivity contribution in [1.82, 2.24) is 0 Å². The van der Waals surface area contributed by atoms with Crippen molar-refractivity contribution in [3.63, 3.8) is 0 Å². The Morgan fingerprint density at radius 1 is 1.36 bits per heavy atom. The third-order valence-corrected chi connectivity index (χ3v) is 3.49. The Labute approximate surface area is 125 Å². The van der Waals surface area contributed by atoms with Crippen LogP contribution < -0.4 is 0 Å². The lowest BCUT2D eigenvalue weighted by Crippen LogP contribution is -2.30. The molecule has 0 bridgehead atoms. The number of carbonyl (C=O) groups excluding carboxylic acids is 1. The van der Waals surface area contributed by atoms with E-state index in [0.717, 1.165) is 13.0 Å². The van der Waals surface area contributed by atoms with Crippen molar-refractivity contribution in [2.45, 2.75) is 18.9 Å². The summed E-state index contributed by atoms with van der Waals surface area (Å²) in [5, 5.41) is 2.59. The molecule has 0 heterocycles. The van der Waals surface area contributed by atoms with Crippen molar-refractivity contribution in [3.05, 3.63) is 70.4 Å². The van der Waals surface area contributed by atoms with E-state index in [4.69, 9.17) is 0 Å². The van der Waals surface area contributed by atoms with Gasteiger partial charge < -0.3 is 0 Å². The van der Waals surface area contributed by atoms with Gasteiger partial charge in [0.2, 0.25) is 5.54 Å². The number of nitrogens with zero attached hydrogens (tertiary/aromatic N) is 1. The summed E-state index contributed by atoms with van der Waals surface area (Å²) < 4.78 is 26.4. The number of carbonyl (C=O) groups is 1. The van der Waals surface area contributed by atoms with Crippen molar-refractivity contribution in [3.8, 4) is 0 Å². The molecule has 0 radical (unpaired) electrons. The fourth-order valence-corrected chi connectivity index (χ4v) is 2.11. The number of allylic oxidation sites excluding steroid dienone is 6. The van der Waals surface area contributed by atoms with Gasteiger partial charge in [-0.1, -0.05) is 42.5 Å². The van der Waals surface area contributed by atoms with Crippen LogP contribution in [0.2, 0.25) is 0 Å². The molecule has 22 heavy (non-hydrogen) atoms. The molecule has 1 atom stereocenters. The van der Waals surface area contributed by atoms with Gasteiger partial charge in [-0.05, 0) is 35.7 Å². The molecule has 1 aliphatic rings. The van der Waals surface area contributed by atoms with E-state index in [2.05, 4.69) is 10.1 Å². The molecule has 0 amide bonds. The Kier molecular flexibility index (Phi) is 4.60. The molecule has 0 spiro atoms. The van der Waals surface area contributed by atoms with Crippen LogP contribution in [0.4, 0.5) is 8.92 Å². The van der Waals surface area contributed by atoms with Crippen LogP contribution in [0.3, 0.4) is 0 Å². The number of hydrogen-bond acceptors (Lipinski definition) is 4. The normalized spacial score (nSPS) is 16.4. The van der Waals surface area contributed by atoms with Gasteiger partial charge >= 0.3 is 5.97 Å². The number of rotatable bonds is 4. The van der Waals surface area contributed by atoms with E-state index in [-0.39, 0.29) is 5.56 Å². The molecule has 1 aromatic carbocycles. The second-order valence-corrected chi connectivity index (χ2v) is 4.91. The highest BCUT2D eigenvalue weighted by Crippen LogP contribution is 2.31. The van der Waals surface area contributed by atoms with Crippen LogP contribution in [0.25, 0.3) is 5.57 Å². The Balaban J connectivity index is 2.44. The van der Waals surface area contributed by atoms with E-state index in [1.165, 1.54) is 12.1 Å². The first kappa shape index (κ1) is 15.8. The molecular weight excluding hydrogens is 292 g/mol. The molecule has 1 unspecified atom stereocenters. The van der Waals surface area contributed by atoms with Gasteiger partial charge in [-0.2, -0.15) is 0 Å². The van der Waals surface area contributed by atoms with Gasteiger partial charge in [0, 0.05) is 10.1 Å². The second kappa shape index (κ2) is 6.43. The average molecular weight is 305 g/mol. The van der Waals surface area contributed by atoms with Crippen molar-refractivity contribution in [2.75, 3.05) is 0 Å². The predicted octanol–water partition coefficient (Wildman–Crippen LogP) is 4.13. The Bertz CT molecular complexity index is 695. The maximum absolute atomic E-state index is 14.3. The van der Waals surface area contributed by atoms with E-state index in [1.807, 2.05) is 18.2 Å². The second-order valence-electron chi connectivity index (χ2n) is 4.91. The first-order valence-corrected chi connectivity index (χ1v) is 6.54. The van der Waals surface area contributed by atoms with Gasteiger partial charge in [-0.3, -0.25) is 4.94 Å². The average Bonchev–Trinajstić information content (AvgIpc) is 2.82. The third-order valence-electron chi connectivity index (χ3n) is 3.49. The van der Waals surface area contributed by atoms with Gasteiger partial charge in [-0.25, -0.2) is 9.18 Å². The molecule has 1 aliphatic carbocycles. The first-order chi connectivity index (χ1) is 10.5. The maximum Gasteiger partial charge on any atom is 0.383 e. The Hall–Kier alpha value is -2.63. The lowest BCUT2D eigenvalue weighted by atomic mass is 9.91. The molecule has 4 nitrogen and oxygen atoms in total. The van der Waals surface area contributed by atoms with E-state index in [0.29, 0.717) is 17.6 Å². The predicted molar refractivity (Wildman–Crippen MR) is 77.6 cm³/mol. The van der Waals surface area contributed by atoms with E-state index in [1.54, 1.807) is 12.2 Å². The van der Waals surface area contributed by atoms with Gasteiger partial charge in [0.1, 0.15) is 5.82 Å². The molecule has 0 N–H and O–H groups in total. The smallest absolute Gasteiger partial charge is 0.252 e. The maximum atomic E-state index is 14.3. The van der Waals surface area contributed by atoms with Gasteiger partial charge in [0.25, 0.3) is 0 Å². The van der Waals surface area contributed by atoms with Gasteiger partial charge in [0.15, 0.2) is 0 Å². The monoisotopic (exact) mass is 305 g/mol. The summed E-state index contributed by atoms with van der Waals surface area (Å²) in [6.07, 6.45) is 9.79. The minimum absolute atomic E-state index is 0.0808. The molecule has 6 heteroatoms. The molecule has 1 aromatic rings. The summed E-state index contributed by atoms with van der Waals surface area (Å²) in [5.74, 6) is -2.13. The summed E-state index contributed by atoms with van der Waals surface area (Å²) in [6, 6.07) is 3.76. The van der Waals surface area contributed by atoms with E-state index in [9.17, 15) is 18.6 Å². The molecule has 2 rings (SSSR count). The molecule has 0 saturated heterocycles. The number of halogens is 2. The van der Waals surface area contributed by atoms with Gasteiger partial charge in [0.05, 0.1) is 0 Å². The standard InChI is InChI=1S/C16H13F2NO3/c1-16(19-21,15(20)22-18)12-8-9-13(14(17)10-12)11-6-4-2-3-5-7-11/h2-4,6-10H,5H2,1H3. The van der Waals surface area contributed by atoms with Crippen LogP contribution >= 0.6 is 0 Å². The zero-order valence-corrected chi connectivity index (χ0v) is 11.8.